The van der Waals surface area contributed by atoms with E-state index < -0.39 is 0 Å². The number of hydrogen-bond acceptors (Lipinski definition) is 4. The lowest BCUT2D eigenvalue weighted by Crippen LogP contribution is -2.53. The Hall–Kier alpha value is -0.580. The Morgan fingerprint density at radius 1 is 1.58 bits per heavy atom. The van der Waals surface area contributed by atoms with E-state index in [2.05, 4.69) is 47.0 Å². The Labute approximate surface area is 121 Å². The van der Waals surface area contributed by atoms with Gasteiger partial charge < -0.3 is 10.2 Å². The highest BCUT2D eigenvalue weighted by Gasteiger charge is 2.27. The maximum Gasteiger partial charge on any atom is 0.0340 e. The van der Waals surface area contributed by atoms with Crippen molar-refractivity contribution in [1.29, 1.82) is 0 Å². The van der Waals surface area contributed by atoms with Crippen LogP contribution in [-0.4, -0.2) is 53.6 Å². The maximum atomic E-state index is 4.24. The summed E-state index contributed by atoms with van der Waals surface area (Å²) in [5.41, 5.74) is 1.33. The van der Waals surface area contributed by atoms with E-state index in [4.69, 9.17) is 0 Å². The molecule has 106 valence electrons. The third kappa shape index (κ3) is 4.48. The first-order valence-electron chi connectivity index (χ1n) is 7.21. The molecular formula is C15H25N3S. The molecule has 1 saturated heterocycles. The Morgan fingerprint density at radius 2 is 2.47 bits per heavy atom. The highest BCUT2D eigenvalue weighted by atomic mass is 32.2. The summed E-state index contributed by atoms with van der Waals surface area (Å²) in [7, 11) is 2.26. The molecule has 3 nitrogen and oxygen atoms in total. The van der Waals surface area contributed by atoms with Crippen LogP contribution in [0.2, 0.25) is 0 Å². The summed E-state index contributed by atoms with van der Waals surface area (Å²) < 4.78 is 0. The topological polar surface area (TPSA) is 28.2 Å². The molecule has 2 rings (SSSR count). The van der Waals surface area contributed by atoms with E-state index in [1.54, 1.807) is 0 Å². The van der Waals surface area contributed by atoms with Crippen molar-refractivity contribution in [3.8, 4) is 0 Å². The van der Waals surface area contributed by atoms with Gasteiger partial charge in [0.1, 0.15) is 0 Å². The number of nitrogens with zero attached hydrogens (tertiary/aromatic N) is 2. The Morgan fingerprint density at radius 3 is 3.16 bits per heavy atom. The second-order valence-corrected chi connectivity index (χ2v) is 6.40. The van der Waals surface area contributed by atoms with Crippen LogP contribution < -0.4 is 5.32 Å². The molecule has 0 bridgehead atoms. The van der Waals surface area contributed by atoms with Gasteiger partial charge >= 0.3 is 0 Å². The van der Waals surface area contributed by atoms with Crippen molar-refractivity contribution in [1.82, 2.24) is 15.2 Å². The normalized spacial score (nSPS) is 22.3. The summed E-state index contributed by atoms with van der Waals surface area (Å²) in [6, 6.07) is 5.38. The standard InChI is InChI=1S/C15H25N3S/c1-3-6-17-14(10-13-5-4-7-16-11-13)15-12-19-9-8-18(15)2/h4-5,7,11,14-15,17H,3,6,8-10,12H2,1-2H3. The van der Waals surface area contributed by atoms with Gasteiger partial charge in [-0.3, -0.25) is 4.98 Å². The van der Waals surface area contributed by atoms with E-state index in [9.17, 15) is 0 Å². The first-order valence-corrected chi connectivity index (χ1v) is 8.37. The molecule has 0 spiro atoms. The number of nitrogens with one attached hydrogen (secondary N) is 1. The van der Waals surface area contributed by atoms with Gasteiger partial charge in [0.2, 0.25) is 0 Å². The van der Waals surface area contributed by atoms with Gasteiger partial charge in [0.05, 0.1) is 0 Å². The Bertz CT molecular complexity index is 358. The van der Waals surface area contributed by atoms with Crippen molar-refractivity contribution >= 4 is 11.8 Å². The number of rotatable bonds is 6. The monoisotopic (exact) mass is 279 g/mol. The van der Waals surface area contributed by atoms with Crippen LogP contribution in [-0.2, 0) is 6.42 Å². The van der Waals surface area contributed by atoms with Gasteiger partial charge in [-0.2, -0.15) is 11.8 Å². The van der Waals surface area contributed by atoms with Crippen LogP contribution >= 0.6 is 11.8 Å². The third-order valence-electron chi connectivity index (χ3n) is 3.74. The van der Waals surface area contributed by atoms with Crippen molar-refractivity contribution in [3.05, 3.63) is 30.1 Å². The van der Waals surface area contributed by atoms with E-state index in [0.29, 0.717) is 12.1 Å². The SMILES string of the molecule is CCCNC(Cc1cccnc1)C1CSCCN1C. The number of pyridine rings is 1. The van der Waals surface area contributed by atoms with Crippen LogP contribution in [0.15, 0.2) is 24.5 Å². The highest BCUT2D eigenvalue weighted by Crippen LogP contribution is 2.19. The minimum absolute atomic E-state index is 0.530. The summed E-state index contributed by atoms with van der Waals surface area (Å²) in [5.74, 6) is 2.50. The van der Waals surface area contributed by atoms with Crippen LogP contribution in [0.25, 0.3) is 0 Å². The van der Waals surface area contributed by atoms with E-state index in [1.165, 1.54) is 30.0 Å². The molecule has 0 radical (unpaired) electrons. The summed E-state index contributed by atoms with van der Waals surface area (Å²) in [6.45, 7) is 4.53. The minimum Gasteiger partial charge on any atom is -0.312 e. The van der Waals surface area contributed by atoms with Gasteiger partial charge in [-0.25, -0.2) is 0 Å². The van der Waals surface area contributed by atoms with Gasteiger partial charge in [0.15, 0.2) is 0 Å². The van der Waals surface area contributed by atoms with Crippen molar-refractivity contribution in [2.45, 2.75) is 31.8 Å². The van der Waals surface area contributed by atoms with Crippen molar-refractivity contribution < 1.29 is 0 Å². The van der Waals surface area contributed by atoms with Gasteiger partial charge in [0.25, 0.3) is 0 Å². The summed E-state index contributed by atoms with van der Waals surface area (Å²) in [6.07, 6.45) is 6.10. The molecule has 1 aliphatic rings. The zero-order chi connectivity index (χ0) is 13.5. The zero-order valence-electron chi connectivity index (χ0n) is 12.0. The second-order valence-electron chi connectivity index (χ2n) is 5.25. The summed E-state index contributed by atoms with van der Waals surface area (Å²) in [5, 5.41) is 3.74. The highest BCUT2D eigenvalue weighted by molar-refractivity contribution is 7.99. The molecule has 1 N–H and O–H groups in total. The molecule has 2 atom stereocenters. The third-order valence-corrected chi connectivity index (χ3v) is 4.79. The molecule has 1 aliphatic heterocycles. The molecule has 1 aromatic heterocycles. The second kappa shape index (κ2) is 7.88. The smallest absolute Gasteiger partial charge is 0.0340 e. The van der Waals surface area contributed by atoms with Crippen LogP contribution in [0.1, 0.15) is 18.9 Å². The number of hydrogen-bond donors (Lipinski definition) is 1. The van der Waals surface area contributed by atoms with E-state index in [1.807, 2.05) is 18.5 Å². The van der Waals surface area contributed by atoms with Crippen molar-refractivity contribution in [3.63, 3.8) is 0 Å². The van der Waals surface area contributed by atoms with Crippen LogP contribution in [0.4, 0.5) is 0 Å². The Kier molecular flexibility index (Phi) is 6.14. The van der Waals surface area contributed by atoms with Gasteiger partial charge in [-0.05, 0) is 38.1 Å². The van der Waals surface area contributed by atoms with Crippen molar-refractivity contribution in [2.75, 3.05) is 31.6 Å². The molecule has 0 saturated carbocycles. The Balaban J connectivity index is 2.02. The van der Waals surface area contributed by atoms with E-state index in [0.717, 1.165) is 13.0 Å². The number of aromatic nitrogens is 1. The number of thioether (sulfide) groups is 1. The molecule has 1 fully saturated rings. The average molecular weight is 279 g/mol. The van der Waals surface area contributed by atoms with Gasteiger partial charge in [-0.1, -0.05) is 13.0 Å². The minimum atomic E-state index is 0.530. The zero-order valence-corrected chi connectivity index (χ0v) is 12.8. The molecule has 0 amide bonds. The molecule has 2 unspecified atom stereocenters. The van der Waals surface area contributed by atoms with Gasteiger partial charge in [0, 0.05) is 42.5 Å². The molecule has 2 heterocycles. The van der Waals surface area contributed by atoms with Crippen LogP contribution in [0.5, 0.6) is 0 Å². The average Bonchev–Trinajstić information content (AvgIpc) is 2.45. The quantitative estimate of drug-likeness (QED) is 0.862. The number of likely N-dealkylation sites (N-methyl/N-ethyl adjacent to an activating group) is 1. The van der Waals surface area contributed by atoms with Crippen LogP contribution in [0.3, 0.4) is 0 Å². The van der Waals surface area contributed by atoms with E-state index >= 15 is 0 Å². The van der Waals surface area contributed by atoms with Crippen molar-refractivity contribution in [2.24, 2.45) is 0 Å². The molecule has 19 heavy (non-hydrogen) atoms. The first kappa shape index (κ1) is 14.8. The lowest BCUT2D eigenvalue weighted by molar-refractivity contribution is 0.213. The fourth-order valence-corrected chi connectivity index (χ4v) is 3.89. The molecular weight excluding hydrogens is 254 g/mol. The largest absolute Gasteiger partial charge is 0.312 e. The lowest BCUT2D eigenvalue weighted by Gasteiger charge is -2.38. The molecule has 4 heteroatoms. The lowest BCUT2D eigenvalue weighted by atomic mass is 10.00. The maximum absolute atomic E-state index is 4.24. The molecule has 0 aliphatic carbocycles. The predicted octanol–water partition coefficient (Wildman–Crippen LogP) is 2.04. The fraction of sp³-hybridized carbons (Fsp3) is 0.667. The summed E-state index contributed by atoms with van der Waals surface area (Å²) in [4.78, 5) is 6.75. The van der Waals surface area contributed by atoms with Crippen LogP contribution in [0, 0.1) is 0 Å². The molecule has 0 aromatic carbocycles. The van der Waals surface area contributed by atoms with E-state index in [-0.39, 0.29) is 0 Å². The summed E-state index contributed by atoms with van der Waals surface area (Å²) >= 11 is 2.08. The fourth-order valence-electron chi connectivity index (χ4n) is 2.58. The van der Waals surface area contributed by atoms with Gasteiger partial charge in [-0.15, -0.1) is 0 Å². The predicted molar refractivity (Wildman–Crippen MR) is 83.8 cm³/mol. The molecule has 1 aromatic rings. The first-order chi connectivity index (χ1) is 9.31.